The van der Waals surface area contributed by atoms with Gasteiger partial charge in [-0.25, -0.2) is 4.39 Å². The molecule has 6 nitrogen and oxygen atoms in total. The van der Waals surface area contributed by atoms with Gasteiger partial charge in [0.25, 0.3) is 5.91 Å². The summed E-state index contributed by atoms with van der Waals surface area (Å²) in [4.78, 5) is 21.4. The molecule has 0 aliphatic heterocycles. The van der Waals surface area contributed by atoms with Crippen LogP contribution in [0.1, 0.15) is 16.8 Å². The Labute approximate surface area is 124 Å². The number of nitro benzene ring substituents is 1. The first kappa shape index (κ1) is 17.3. The lowest BCUT2D eigenvalue weighted by Crippen LogP contribution is -2.38. The van der Waals surface area contributed by atoms with Gasteiger partial charge >= 0.3 is 5.69 Å². The summed E-state index contributed by atoms with van der Waals surface area (Å²) in [5.74, 6) is -3.21. The van der Waals surface area contributed by atoms with E-state index in [1.807, 2.05) is 0 Å². The molecular weight excluding hydrogens is 310 g/mol. The minimum Gasteiger partial charge on any atom is -0.383 e. The highest BCUT2D eigenvalue weighted by atomic mass is 35.5. The third-order valence-electron chi connectivity index (χ3n) is 2.62. The number of carbonyl (C=O) groups excluding carboxylic acids is 1. The number of halogens is 3. The van der Waals surface area contributed by atoms with Crippen molar-refractivity contribution in [2.45, 2.75) is 12.5 Å². The van der Waals surface area contributed by atoms with Crippen LogP contribution in [0.5, 0.6) is 0 Å². The van der Waals surface area contributed by atoms with Gasteiger partial charge in [0.15, 0.2) is 0 Å². The Bertz CT molecular complexity index is 536. The SMILES string of the molecule is COCC(CCCl)NC(=O)c1cc(F)cc([N+](=O)[O-])c1F. The molecule has 0 bridgehead atoms. The zero-order valence-corrected chi connectivity index (χ0v) is 11.8. The quantitative estimate of drug-likeness (QED) is 0.474. The predicted molar refractivity (Wildman–Crippen MR) is 71.5 cm³/mol. The van der Waals surface area contributed by atoms with Crippen LogP contribution in [-0.4, -0.2) is 36.5 Å². The number of nitrogens with one attached hydrogen (secondary N) is 1. The average molecular weight is 323 g/mol. The summed E-state index contributed by atoms with van der Waals surface area (Å²) in [6.07, 6.45) is 0.347. The predicted octanol–water partition coefficient (Wildman–Crippen LogP) is 2.25. The summed E-state index contributed by atoms with van der Waals surface area (Å²) in [6.45, 7) is 0.123. The van der Waals surface area contributed by atoms with Gasteiger partial charge in [0, 0.05) is 13.0 Å². The number of ether oxygens (including phenoxy) is 1. The lowest BCUT2D eigenvalue weighted by atomic mass is 10.1. The van der Waals surface area contributed by atoms with Gasteiger partial charge < -0.3 is 10.1 Å². The molecule has 0 radical (unpaired) electrons. The molecule has 0 aromatic heterocycles. The van der Waals surface area contributed by atoms with Crippen LogP contribution in [0.25, 0.3) is 0 Å². The fraction of sp³-hybridized carbons (Fsp3) is 0.417. The first-order valence-electron chi connectivity index (χ1n) is 5.89. The van der Waals surface area contributed by atoms with Gasteiger partial charge in [0.2, 0.25) is 5.82 Å². The Morgan fingerprint density at radius 2 is 2.19 bits per heavy atom. The summed E-state index contributed by atoms with van der Waals surface area (Å²) in [6, 6.07) is 0.501. The minimum atomic E-state index is -1.39. The molecule has 9 heteroatoms. The number of nitrogens with zero attached hydrogens (tertiary/aromatic N) is 1. The Balaban J connectivity index is 3.04. The van der Waals surface area contributed by atoms with Crippen LogP contribution >= 0.6 is 11.6 Å². The summed E-state index contributed by atoms with van der Waals surface area (Å²) >= 11 is 5.55. The highest BCUT2D eigenvalue weighted by Crippen LogP contribution is 2.22. The van der Waals surface area contributed by atoms with Gasteiger partial charge in [-0.1, -0.05) is 0 Å². The number of hydrogen-bond donors (Lipinski definition) is 1. The van der Waals surface area contributed by atoms with Crippen molar-refractivity contribution in [3.63, 3.8) is 0 Å². The molecule has 1 aromatic carbocycles. The molecule has 0 aliphatic rings. The van der Waals surface area contributed by atoms with E-state index < -0.39 is 39.8 Å². The van der Waals surface area contributed by atoms with Crippen molar-refractivity contribution in [2.75, 3.05) is 19.6 Å². The van der Waals surface area contributed by atoms with E-state index in [2.05, 4.69) is 5.32 Å². The molecule has 116 valence electrons. The third kappa shape index (κ3) is 4.61. The normalized spacial score (nSPS) is 12.0. The van der Waals surface area contributed by atoms with Crippen molar-refractivity contribution in [2.24, 2.45) is 0 Å². The minimum absolute atomic E-state index is 0.123. The van der Waals surface area contributed by atoms with Gasteiger partial charge in [0.1, 0.15) is 5.82 Å². The van der Waals surface area contributed by atoms with Crippen LogP contribution in [-0.2, 0) is 4.74 Å². The number of amides is 1. The lowest BCUT2D eigenvalue weighted by molar-refractivity contribution is -0.387. The zero-order chi connectivity index (χ0) is 16.0. The molecule has 0 heterocycles. The second-order valence-electron chi connectivity index (χ2n) is 4.15. The monoisotopic (exact) mass is 322 g/mol. The number of hydrogen-bond acceptors (Lipinski definition) is 4. The van der Waals surface area contributed by atoms with E-state index >= 15 is 0 Å². The van der Waals surface area contributed by atoms with Crippen LogP contribution in [0.3, 0.4) is 0 Å². The molecule has 1 rings (SSSR count). The molecule has 1 unspecified atom stereocenters. The molecule has 1 aromatic rings. The highest BCUT2D eigenvalue weighted by Gasteiger charge is 2.25. The van der Waals surface area contributed by atoms with Crippen molar-refractivity contribution in [3.05, 3.63) is 39.4 Å². The number of alkyl halides is 1. The molecular formula is C12H13ClF2N2O4. The van der Waals surface area contributed by atoms with Crippen LogP contribution in [0, 0.1) is 21.7 Å². The maximum absolute atomic E-state index is 13.8. The number of methoxy groups -OCH3 is 1. The van der Waals surface area contributed by atoms with Gasteiger partial charge in [-0.2, -0.15) is 4.39 Å². The molecule has 0 aliphatic carbocycles. The van der Waals surface area contributed by atoms with Crippen molar-refractivity contribution >= 4 is 23.2 Å². The number of benzene rings is 1. The maximum atomic E-state index is 13.8. The van der Waals surface area contributed by atoms with Gasteiger partial charge in [0.05, 0.1) is 29.2 Å². The van der Waals surface area contributed by atoms with Crippen molar-refractivity contribution < 1.29 is 23.2 Å². The fourth-order valence-corrected chi connectivity index (χ4v) is 1.93. The smallest absolute Gasteiger partial charge is 0.308 e. The fourth-order valence-electron chi connectivity index (χ4n) is 1.67. The Morgan fingerprint density at radius 1 is 1.52 bits per heavy atom. The first-order valence-corrected chi connectivity index (χ1v) is 6.43. The van der Waals surface area contributed by atoms with Gasteiger partial charge in [-0.05, 0) is 12.5 Å². The number of carbonyl (C=O) groups is 1. The van der Waals surface area contributed by atoms with E-state index in [1.165, 1.54) is 7.11 Å². The van der Waals surface area contributed by atoms with Crippen LogP contribution in [0.15, 0.2) is 12.1 Å². The standard InChI is InChI=1S/C12H13ClF2N2O4/c1-21-6-8(2-3-13)16-12(18)9-4-7(14)5-10(11(9)15)17(19)20/h4-5,8H,2-3,6H2,1H3,(H,16,18). The van der Waals surface area contributed by atoms with E-state index in [9.17, 15) is 23.7 Å². The van der Waals surface area contributed by atoms with E-state index in [0.29, 0.717) is 18.6 Å². The van der Waals surface area contributed by atoms with Crippen molar-refractivity contribution in [1.29, 1.82) is 0 Å². The molecule has 0 fully saturated rings. The maximum Gasteiger partial charge on any atom is 0.308 e. The van der Waals surface area contributed by atoms with Crippen LogP contribution < -0.4 is 5.32 Å². The lowest BCUT2D eigenvalue weighted by Gasteiger charge is -2.17. The van der Waals surface area contributed by atoms with Crippen LogP contribution in [0.2, 0.25) is 0 Å². The van der Waals surface area contributed by atoms with Crippen molar-refractivity contribution in [3.8, 4) is 0 Å². The largest absolute Gasteiger partial charge is 0.383 e. The molecule has 0 saturated carbocycles. The molecule has 1 atom stereocenters. The topological polar surface area (TPSA) is 81.5 Å². The second kappa shape index (κ2) is 7.84. The third-order valence-corrected chi connectivity index (χ3v) is 2.84. The summed E-state index contributed by atoms with van der Waals surface area (Å²) in [7, 11) is 1.40. The summed E-state index contributed by atoms with van der Waals surface area (Å²) in [5.41, 5.74) is -1.84. The molecule has 1 N–H and O–H groups in total. The average Bonchev–Trinajstić information content (AvgIpc) is 2.41. The second-order valence-corrected chi connectivity index (χ2v) is 4.52. The van der Waals surface area contributed by atoms with E-state index in [-0.39, 0.29) is 12.5 Å². The van der Waals surface area contributed by atoms with E-state index in [4.69, 9.17) is 16.3 Å². The van der Waals surface area contributed by atoms with Gasteiger partial charge in [-0.15, -0.1) is 11.6 Å². The van der Waals surface area contributed by atoms with E-state index in [0.717, 1.165) is 0 Å². The van der Waals surface area contributed by atoms with Crippen LogP contribution in [0.4, 0.5) is 14.5 Å². The molecule has 1 amide bonds. The molecule has 0 spiro atoms. The Morgan fingerprint density at radius 3 is 2.71 bits per heavy atom. The Kier molecular flexibility index (Phi) is 6.44. The highest BCUT2D eigenvalue weighted by molar-refractivity contribution is 6.17. The van der Waals surface area contributed by atoms with Crippen molar-refractivity contribution in [1.82, 2.24) is 5.32 Å². The zero-order valence-electron chi connectivity index (χ0n) is 11.1. The summed E-state index contributed by atoms with van der Waals surface area (Å²) < 4.78 is 32.0. The summed E-state index contributed by atoms with van der Waals surface area (Å²) in [5, 5.41) is 13.0. The first-order chi connectivity index (χ1) is 9.90. The molecule has 0 saturated heterocycles. The number of nitro groups is 1. The molecule has 21 heavy (non-hydrogen) atoms. The van der Waals surface area contributed by atoms with Gasteiger partial charge in [-0.3, -0.25) is 14.9 Å². The van der Waals surface area contributed by atoms with E-state index in [1.54, 1.807) is 0 Å². The Hall–Kier alpha value is -1.80. The number of rotatable bonds is 7.